The monoisotopic (exact) mass is 763 g/mol. The van der Waals surface area contributed by atoms with Crippen LogP contribution in [0, 0.1) is 39.5 Å². The third-order valence-corrected chi connectivity index (χ3v) is 22.6. The maximum absolute atomic E-state index is 14.3. The second-order valence-corrected chi connectivity index (χ2v) is 23.8. The first kappa shape index (κ1) is 40.7. The molecule has 5 heterocycles. The van der Waals surface area contributed by atoms with Gasteiger partial charge in [-0.25, -0.2) is 0 Å². The predicted octanol–water partition coefficient (Wildman–Crippen LogP) is 14.3. The van der Waals surface area contributed by atoms with Crippen molar-refractivity contribution in [3.63, 3.8) is 0 Å². The van der Waals surface area contributed by atoms with E-state index in [2.05, 4.69) is 80.2 Å². The van der Waals surface area contributed by atoms with E-state index in [-0.39, 0.29) is 5.91 Å². The number of unbranched alkanes of at least 4 members (excludes halogenated alkanes) is 7. The topological polar surface area (TPSA) is 20.3 Å². The maximum Gasteiger partial charge on any atom is 0.260 e. The third kappa shape index (κ3) is 8.01. The number of carbonyl (C=O) groups excluding carboxylic acids is 1. The summed E-state index contributed by atoms with van der Waals surface area (Å²) < 4.78 is 0. The van der Waals surface area contributed by atoms with Crippen LogP contribution in [-0.2, 0) is 0 Å². The van der Waals surface area contributed by atoms with Crippen molar-refractivity contribution < 1.29 is 4.79 Å². The highest BCUT2D eigenvalue weighted by atomic mass is 32.1. The van der Waals surface area contributed by atoms with Crippen LogP contribution >= 0.6 is 34.0 Å². The number of carbonyl (C=O) groups is 1. The van der Waals surface area contributed by atoms with E-state index in [4.69, 9.17) is 0 Å². The van der Waals surface area contributed by atoms with E-state index in [1.54, 1.807) is 20.5 Å². The largest absolute Gasteiger partial charge is 0.308 e. The zero-order valence-electron chi connectivity index (χ0n) is 33.9. The Morgan fingerprint density at radius 1 is 0.588 bits per heavy atom. The molecule has 2 unspecified atom stereocenters. The molecule has 282 valence electrons. The summed E-state index contributed by atoms with van der Waals surface area (Å²) in [5.74, 6) is 1.85. The molecule has 6 heteroatoms. The van der Waals surface area contributed by atoms with Gasteiger partial charge in [-0.15, -0.1) is 34.0 Å². The summed E-state index contributed by atoms with van der Waals surface area (Å²) in [5, 5.41) is 3.59. The van der Waals surface area contributed by atoms with Crippen molar-refractivity contribution in [3.8, 4) is 19.5 Å². The van der Waals surface area contributed by atoms with E-state index in [1.165, 1.54) is 133 Å². The summed E-state index contributed by atoms with van der Waals surface area (Å²) in [6.07, 6.45) is 20.8. The highest BCUT2D eigenvalue weighted by molar-refractivity contribution is 7.32. The number of aryl methyl sites for hydroxylation is 2. The molecule has 2 atom stereocenters. The first-order valence-corrected chi connectivity index (χ1v) is 25.9. The molecular weight excluding hydrogens is 695 g/mol. The van der Waals surface area contributed by atoms with E-state index < -0.39 is 8.07 Å². The van der Waals surface area contributed by atoms with Crippen LogP contribution in [0.15, 0.2) is 6.58 Å². The van der Waals surface area contributed by atoms with Gasteiger partial charge >= 0.3 is 0 Å². The van der Waals surface area contributed by atoms with Crippen molar-refractivity contribution in [2.24, 2.45) is 11.8 Å². The zero-order valence-corrected chi connectivity index (χ0v) is 37.3. The van der Waals surface area contributed by atoms with Crippen molar-refractivity contribution in [2.45, 2.75) is 177 Å². The minimum atomic E-state index is -2.07. The summed E-state index contributed by atoms with van der Waals surface area (Å²) in [6, 6.07) is 2.77. The van der Waals surface area contributed by atoms with Gasteiger partial charge in [0.25, 0.3) is 5.91 Å². The molecular formula is C45H69NOS3Si. The summed E-state index contributed by atoms with van der Waals surface area (Å²) in [6.45, 7) is 26.7. The molecule has 0 N–H and O–H groups in total. The third-order valence-electron chi connectivity index (χ3n) is 12.8. The van der Waals surface area contributed by atoms with Gasteiger partial charge in [0, 0.05) is 42.2 Å². The van der Waals surface area contributed by atoms with E-state index >= 15 is 0 Å². The lowest BCUT2D eigenvalue weighted by atomic mass is 9.97. The molecule has 0 saturated carbocycles. The molecule has 0 bridgehead atoms. The molecule has 0 saturated heterocycles. The van der Waals surface area contributed by atoms with Crippen molar-refractivity contribution >= 4 is 64.1 Å². The summed E-state index contributed by atoms with van der Waals surface area (Å²) in [4.78, 5) is 24.9. The maximum atomic E-state index is 14.3. The average molecular weight is 764 g/mol. The molecule has 51 heavy (non-hydrogen) atoms. The quantitative estimate of drug-likeness (QED) is 0.0737. The Morgan fingerprint density at radius 2 is 1.12 bits per heavy atom. The first-order chi connectivity index (χ1) is 24.6. The number of rotatable bonds is 22. The summed E-state index contributed by atoms with van der Waals surface area (Å²) in [5.41, 5.74) is 6.16. The van der Waals surface area contributed by atoms with E-state index in [0.29, 0.717) is 0 Å². The second kappa shape index (κ2) is 18.2. The van der Waals surface area contributed by atoms with Gasteiger partial charge in [-0.3, -0.25) is 4.79 Å². The van der Waals surface area contributed by atoms with Gasteiger partial charge < -0.3 is 4.90 Å². The van der Waals surface area contributed by atoms with Gasteiger partial charge in [0.15, 0.2) is 0 Å². The van der Waals surface area contributed by atoms with Crippen LogP contribution in [0.5, 0.6) is 0 Å². The number of hydrogen-bond acceptors (Lipinski definition) is 4. The molecule has 5 rings (SSSR count). The number of hydrogen-bond donors (Lipinski definition) is 0. The Balaban J connectivity index is 1.57. The van der Waals surface area contributed by atoms with Crippen LogP contribution in [0.2, 0.25) is 12.1 Å². The zero-order chi connectivity index (χ0) is 36.9. The van der Waals surface area contributed by atoms with Gasteiger partial charge in [0.1, 0.15) is 8.07 Å². The van der Waals surface area contributed by atoms with Crippen molar-refractivity contribution in [2.75, 3.05) is 6.54 Å². The molecule has 2 aliphatic rings. The van der Waals surface area contributed by atoms with Crippen molar-refractivity contribution in [1.29, 1.82) is 0 Å². The fraction of sp³-hybridized carbons (Fsp3) is 0.667. The van der Waals surface area contributed by atoms with Crippen LogP contribution in [0.25, 0.3) is 25.2 Å². The number of thiophene rings is 3. The van der Waals surface area contributed by atoms with Crippen LogP contribution in [0.1, 0.15) is 174 Å². The molecule has 2 aliphatic heterocycles. The fourth-order valence-electron chi connectivity index (χ4n) is 9.51. The van der Waals surface area contributed by atoms with Crippen LogP contribution in [0.4, 0.5) is 0 Å². The lowest BCUT2D eigenvalue weighted by molar-refractivity contribution is 0.0849. The second-order valence-electron chi connectivity index (χ2n) is 16.1. The van der Waals surface area contributed by atoms with E-state index in [0.717, 1.165) is 41.6 Å². The van der Waals surface area contributed by atoms with Crippen LogP contribution < -0.4 is 10.4 Å². The number of fused-ring (bicyclic) bond motifs is 4. The highest BCUT2D eigenvalue weighted by Crippen LogP contribution is 2.53. The molecule has 3 aromatic rings. The summed E-state index contributed by atoms with van der Waals surface area (Å²) in [7, 11) is -2.07. The summed E-state index contributed by atoms with van der Waals surface area (Å²) >= 11 is 5.99. The Morgan fingerprint density at radius 3 is 1.71 bits per heavy atom. The van der Waals surface area contributed by atoms with Gasteiger partial charge in [0.2, 0.25) is 0 Å². The van der Waals surface area contributed by atoms with E-state index in [9.17, 15) is 4.79 Å². The van der Waals surface area contributed by atoms with Gasteiger partial charge in [-0.1, -0.05) is 138 Å². The molecule has 3 aromatic heterocycles. The Labute approximate surface area is 325 Å². The average Bonchev–Trinajstić information content (AvgIpc) is 3.87. The van der Waals surface area contributed by atoms with Gasteiger partial charge in [-0.05, 0) is 79.5 Å². The van der Waals surface area contributed by atoms with E-state index in [1.807, 2.05) is 32.8 Å². The van der Waals surface area contributed by atoms with Crippen molar-refractivity contribution in [3.05, 3.63) is 38.6 Å². The molecule has 0 radical (unpaired) electrons. The van der Waals surface area contributed by atoms with Crippen LogP contribution in [-0.4, -0.2) is 25.4 Å². The lowest BCUT2D eigenvalue weighted by Gasteiger charge is -2.34. The first-order valence-electron chi connectivity index (χ1n) is 21.0. The standard InChI is InChI=1S/C45H69NOS3Si/c1-11-16-19-20-21-22-27-46-32(8)37-34(10)49-40(38(37)45(46)47)39-31(7)44-42(50-39)41-43(30(6)33(9)48-41)51(44,28-25-35(14-4)23-17-12-2)29-26-36(15-5)24-18-13-3/h35-36H,8,11-29H2,1-7,9-10H3. The Hall–Kier alpha value is -1.47. The minimum absolute atomic E-state index is 0.200. The van der Waals surface area contributed by atoms with Crippen molar-refractivity contribution in [1.82, 2.24) is 4.90 Å². The lowest BCUT2D eigenvalue weighted by Crippen LogP contribution is -2.56. The van der Waals surface area contributed by atoms with Crippen LogP contribution in [0.3, 0.4) is 0 Å². The predicted molar refractivity (Wildman–Crippen MR) is 234 cm³/mol. The highest BCUT2D eigenvalue weighted by Gasteiger charge is 2.51. The smallest absolute Gasteiger partial charge is 0.260 e. The number of nitrogens with zero attached hydrogens (tertiary/aromatic N) is 1. The molecule has 0 spiro atoms. The van der Waals surface area contributed by atoms with Gasteiger partial charge in [-0.2, -0.15) is 0 Å². The Kier molecular flexibility index (Phi) is 14.6. The molecule has 0 aliphatic carbocycles. The normalized spacial score (nSPS) is 17.8. The molecule has 2 nitrogen and oxygen atoms in total. The molecule has 1 amide bonds. The SMILES string of the molecule is C=C1c2c(C)sc(-c3sc4c(c3C)[Si](CCC(CC)CCCC)(CCC(CC)CCCC)c3c-4sc(C)c3C)c2C(=O)N1CCCCCCCC. The fourth-order valence-corrected chi connectivity index (χ4v) is 21.3. The molecule has 0 aromatic carbocycles. The Bertz CT molecular complexity index is 1640. The number of amides is 1. The minimum Gasteiger partial charge on any atom is -0.308 e. The van der Waals surface area contributed by atoms with Gasteiger partial charge in [0.05, 0.1) is 10.4 Å². The molecule has 0 fully saturated rings.